The highest BCUT2D eigenvalue weighted by Gasteiger charge is 2.09. The Balaban J connectivity index is 2.07. The Labute approximate surface area is 118 Å². The minimum atomic E-state index is 1.04. The van der Waals surface area contributed by atoms with Crippen molar-refractivity contribution in [3.05, 3.63) is 60.1 Å². The first-order chi connectivity index (χ1) is 9.90. The van der Waals surface area contributed by atoms with Crippen LogP contribution >= 0.6 is 11.3 Å². The van der Waals surface area contributed by atoms with Gasteiger partial charge in [0.2, 0.25) is 0 Å². The summed E-state index contributed by atoms with van der Waals surface area (Å²) in [5, 5.41) is 5.86. The molecule has 0 bridgehead atoms. The molecule has 0 N–H and O–H groups in total. The molecule has 0 aliphatic rings. The molecule has 20 heavy (non-hydrogen) atoms. The standard InChI is InChI=1S/C17H10N2S/c1-2-4-13-11(3-1)5-7-19-15-9-12-6-8-20-16(12)10-14(15)18-17(13)19/h1-10H. The predicted molar refractivity (Wildman–Crippen MR) is 85.6 cm³/mol. The van der Waals surface area contributed by atoms with Gasteiger partial charge in [0.05, 0.1) is 11.0 Å². The normalized spacial score (nSPS) is 12.0. The Kier molecular flexibility index (Phi) is 1.86. The lowest BCUT2D eigenvalue weighted by molar-refractivity contribution is 1.25. The van der Waals surface area contributed by atoms with E-state index in [9.17, 15) is 0 Å². The molecule has 0 aliphatic heterocycles. The maximum Gasteiger partial charge on any atom is 0.145 e. The topological polar surface area (TPSA) is 17.3 Å². The number of nitrogens with zero attached hydrogens (tertiary/aromatic N) is 2. The molecule has 3 aromatic heterocycles. The molecule has 0 saturated carbocycles. The van der Waals surface area contributed by atoms with Gasteiger partial charge in [-0.3, -0.25) is 4.40 Å². The zero-order valence-corrected chi connectivity index (χ0v) is 11.4. The third-order valence-electron chi connectivity index (χ3n) is 3.87. The van der Waals surface area contributed by atoms with Crippen LogP contribution in [0.1, 0.15) is 0 Å². The zero-order chi connectivity index (χ0) is 13.1. The molecule has 0 atom stereocenters. The summed E-state index contributed by atoms with van der Waals surface area (Å²) >= 11 is 1.77. The highest BCUT2D eigenvalue weighted by atomic mass is 32.1. The SMILES string of the molecule is c1ccc2c(c1)ccn1c3cc4ccsc4cc3nc21. The lowest BCUT2D eigenvalue weighted by atomic mass is 10.2. The van der Waals surface area contributed by atoms with E-state index < -0.39 is 0 Å². The molecule has 94 valence electrons. The molecule has 0 fully saturated rings. The molecular formula is C17H10N2S. The van der Waals surface area contributed by atoms with E-state index in [1.165, 1.54) is 26.4 Å². The van der Waals surface area contributed by atoms with Crippen molar-refractivity contribution < 1.29 is 0 Å². The Morgan fingerprint density at radius 1 is 0.950 bits per heavy atom. The maximum atomic E-state index is 4.84. The molecule has 5 aromatic rings. The van der Waals surface area contributed by atoms with Gasteiger partial charge in [-0.15, -0.1) is 11.3 Å². The second-order valence-electron chi connectivity index (χ2n) is 5.01. The third-order valence-corrected chi connectivity index (χ3v) is 4.75. The lowest BCUT2D eigenvalue weighted by Crippen LogP contribution is -1.85. The number of imidazole rings is 1. The predicted octanol–water partition coefficient (Wildman–Crippen LogP) is 4.86. The van der Waals surface area contributed by atoms with Gasteiger partial charge < -0.3 is 0 Å². The Bertz CT molecular complexity index is 1100. The van der Waals surface area contributed by atoms with Crippen LogP contribution in [0.2, 0.25) is 0 Å². The molecule has 5 rings (SSSR count). The summed E-state index contributed by atoms with van der Waals surface area (Å²) in [5.74, 6) is 0. The minimum absolute atomic E-state index is 1.04. The number of aromatic nitrogens is 2. The van der Waals surface area contributed by atoms with Crippen molar-refractivity contribution in [2.45, 2.75) is 0 Å². The first-order valence-corrected chi connectivity index (χ1v) is 7.45. The minimum Gasteiger partial charge on any atom is -0.299 e. The largest absolute Gasteiger partial charge is 0.299 e. The van der Waals surface area contributed by atoms with Crippen LogP contribution in [0.4, 0.5) is 0 Å². The van der Waals surface area contributed by atoms with Gasteiger partial charge in [0, 0.05) is 16.3 Å². The Hall–Kier alpha value is -2.39. The van der Waals surface area contributed by atoms with Crippen LogP contribution in [0.25, 0.3) is 37.5 Å². The zero-order valence-electron chi connectivity index (χ0n) is 10.6. The van der Waals surface area contributed by atoms with Crippen LogP contribution in [0.5, 0.6) is 0 Å². The van der Waals surface area contributed by atoms with E-state index in [1.807, 2.05) is 0 Å². The summed E-state index contributed by atoms with van der Waals surface area (Å²) < 4.78 is 3.49. The number of hydrogen-bond acceptors (Lipinski definition) is 2. The fourth-order valence-corrected chi connectivity index (χ4v) is 3.70. The summed E-state index contributed by atoms with van der Waals surface area (Å²) in [6.45, 7) is 0. The fourth-order valence-electron chi connectivity index (χ4n) is 2.89. The van der Waals surface area contributed by atoms with E-state index in [2.05, 4.69) is 64.5 Å². The maximum absolute atomic E-state index is 4.84. The number of fused-ring (bicyclic) bond motifs is 6. The van der Waals surface area contributed by atoms with Crippen LogP contribution in [-0.4, -0.2) is 9.38 Å². The molecule has 0 saturated heterocycles. The van der Waals surface area contributed by atoms with Gasteiger partial charge >= 0.3 is 0 Å². The molecule has 0 aliphatic carbocycles. The van der Waals surface area contributed by atoms with Crippen molar-refractivity contribution in [2.24, 2.45) is 0 Å². The van der Waals surface area contributed by atoms with Gasteiger partial charge in [0.1, 0.15) is 5.65 Å². The first-order valence-electron chi connectivity index (χ1n) is 6.57. The van der Waals surface area contributed by atoms with Gasteiger partial charge in [-0.2, -0.15) is 0 Å². The molecular weight excluding hydrogens is 264 g/mol. The van der Waals surface area contributed by atoms with Gasteiger partial charge in [0.25, 0.3) is 0 Å². The molecule has 0 amide bonds. The summed E-state index contributed by atoms with van der Waals surface area (Å²) in [7, 11) is 0. The van der Waals surface area contributed by atoms with Crippen LogP contribution in [0.3, 0.4) is 0 Å². The van der Waals surface area contributed by atoms with Gasteiger partial charge in [-0.25, -0.2) is 4.98 Å². The van der Waals surface area contributed by atoms with Crippen LogP contribution in [0, 0.1) is 0 Å². The number of hydrogen-bond donors (Lipinski definition) is 0. The van der Waals surface area contributed by atoms with Crippen molar-refractivity contribution in [3.8, 4) is 0 Å². The number of pyridine rings is 1. The first kappa shape index (κ1) is 10.4. The molecule has 0 spiro atoms. The summed E-state index contributed by atoms with van der Waals surface area (Å²) in [6, 6.07) is 17.2. The molecule has 3 heterocycles. The Morgan fingerprint density at radius 2 is 1.90 bits per heavy atom. The summed E-state index contributed by atoms with van der Waals surface area (Å²) in [6.07, 6.45) is 2.12. The van der Waals surface area contributed by atoms with E-state index in [4.69, 9.17) is 4.98 Å². The van der Waals surface area contributed by atoms with E-state index in [0.29, 0.717) is 0 Å². The summed E-state index contributed by atoms with van der Waals surface area (Å²) in [5.41, 5.74) is 3.28. The van der Waals surface area contributed by atoms with Crippen molar-refractivity contribution >= 4 is 48.9 Å². The molecule has 0 radical (unpaired) electrons. The van der Waals surface area contributed by atoms with Crippen LogP contribution in [-0.2, 0) is 0 Å². The van der Waals surface area contributed by atoms with Crippen molar-refractivity contribution in [2.75, 3.05) is 0 Å². The highest BCUT2D eigenvalue weighted by molar-refractivity contribution is 7.17. The van der Waals surface area contributed by atoms with Gasteiger partial charge in [0.15, 0.2) is 0 Å². The fraction of sp³-hybridized carbons (Fsp3) is 0. The van der Waals surface area contributed by atoms with E-state index in [1.54, 1.807) is 11.3 Å². The molecule has 3 heteroatoms. The highest BCUT2D eigenvalue weighted by Crippen LogP contribution is 2.29. The number of rotatable bonds is 0. The number of benzene rings is 2. The second kappa shape index (κ2) is 3.58. The average molecular weight is 274 g/mol. The molecule has 2 nitrogen and oxygen atoms in total. The van der Waals surface area contributed by atoms with Crippen LogP contribution < -0.4 is 0 Å². The van der Waals surface area contributed by atoms with E-state index in [-0.39, 0.29) is 0 Å². The molecule has 0 unspecified atom stereocenters. The van der Waals surface area contributed by atoms with Crippen molar-refractivity contribution in [1.29, 1.82) is 0 Å². The van der Waals surface area contributed by atoms with Gasteiger partial charge in [-0.1, -0.05) is 24.3 Å². The third kappa shape index (κ3) is 1.25. The van der Waals surface area contributed by atoms with E-state index in [0.717, 1.165) is 11.2 Å². The number of thiophene rings is 1. The van der Waals surface area contributed by atoms with Crippen molar-refractivity contribution in [1.82, 2.24) is 9.38 Å². The second-order valence-corrected chi connectivity index (χ2v) is 5.96. The quantitative estimate of drug-likeness (QED) is 0.394. The monoisotopic (exact) mass is 274 g/mol. The van der Waals surface area contributed by atoms with E-state index >= 15 is 0 Å². The molecule has 2 aromatic carbocycles. The average Bonchev–Trinajstić information content (AvgIpc) is 3.08. The summed E-state index contributed by atoms with van der Waals surface area (Å²) in [4.78, 5) is 4.84. The van der Waals surface area contributed by atoms with Crippen molar-refractivity contribution in [3.63, 3.8) is 0 Å². The Morgan fingerprint density at radius 3 is 2.90 bits per heavy atom. The van der Waals surface area contributed by atoms with Crippen LogP contribution in [0.15, 0.2) is 60.1 Å². The lowest BCUT2D eigenvalue weighted by Gasteiger charge is -2.00. The smallest absolute Gasteiger partial charge is 0.145 e. The van der Waals surface area contributed by atoms with Gasteiger partial charge in [-0.05, 0) is 40.4 Å².